The first-order chi connectivity index (χ1) is 16.8. The highest BCUT2D eigenvalue weighted by atomic mass is 16.4. The van der Waals surface area contributed by atoms with Crippen molar-refractivity contribution in [1.29, 1.82) is 0 Å². The van der Waals surface area contributed by atoms with E-state index in [1.807, 2.05) is 0 Å². The highest BCUT2D eigenvalue weighted by Crippen LogP contribution is 2.05. The molecule has 0 aromatic carbocycles. The van der Waals surface area contributed by atoms with E-state index in [1.165, 1.54) is 12.5 Å². The zero-order valence-electron chi connectivity index (χ0n) is 18.8. The van der Waals surface area contributed by atoms with Crippen molar-refractivity contribution < 1.29 is 48.9 Å². The van der Waals surface area contributed by atoms with E-state index in [0.29, 0.717) is 5.69 Å². The largest absolute Gasteiger partial charge is 0.481 e. The smallest absolute Gasteiger partial charge is 0.326 e. The van der Waals surface area contributed by atoms with Gasteiger partial charge in [0.15, 0.2) is 0 Å². The molecule has 0 aliphatic carbocycles. The van der Waals surface area contributed by atoms with Gasteiger partial charge in [0.05, 0.1) is 25.2 Å². The van der Waals surface area contributed by atoms with E-state index in [2.05, 4.69) is 25.9 Å². The molecule has 1 rings (SSSR count). The predicted molar refractivity (Wildman–Crippen MR) is 117 cm³/mol. The van der Waals surface area contributed by atoms with Gasteiger partial charge in [-0.1, -0.05) is 0 Å². The van der Waals surface area contributed by atoms with Gasteiger partial charge in [0.1, 0.15) is 18.1 Å². The Labute approximate surface area is 203 Å². The van der Waals surface area contributed by atoms with E-state index in [0.717, 1.165) is 0 Å². The van der Waals surface area contributed by atoms with E-state index < -0.39 is 91.4 Å². The van der Waals surface area contributed by atoms with Crippen LogP contribution in [-0.4, -0.2) is 91.0 Å². The Morgan fingerprint density at radius 1 is 0.861 bits per heavy atom. The fraction of sp³-hybridized carbons (Fsp3) is 0.474. The lowest BCUT2D eigenvalue weighted by molar-refractivity contribution is -0.143. The molecule has 0 radical (unpaired) electrons. The summed E-state index contributed by atoms with van der Waals surface area (Å²) in [7, 11) is 0. The van der Waals surface area contributed by atoms with Crippen LogP contribution in [0.25, 0.3) is 0 Å². The number of amides is 4. The normalized spacial score (nSPS) is 13.9. The molecule has 4 unspecified atom stereocenters. The van der Waals surface area contributed by atoms with Gasteiger partial charge in [0.2, 0.25) is 23.6 Å². The molecule has 1 aromatic rings. The number of nitrogens with two attached hydrogens (primary N) is 2. The molecule has 4 amide bonds. The SMILES string of the molecule is NC(=O)CC(N)C(=O)NC(CCC(=O)O)C(=O)NC(CC(=O)O)C(=O)NC(Cc1cnc[nH]1)C(=O)O. The average molecular weight is 513 g/mol. The fourth-order valence-electron chi connectivity index (χ4n) is 2.87. The number of nitrogens with zero attached hydrogens (tertiary/aromatic N) is 1. The summed E-state index contributed by atoms with van der Waals surface area (Å²) >= 11 is 0. The number of carbonyl (C=O) groups excluding carboxylic acids is 4. The third-order valence-electron chi connectivity index (χ3n) is 4.64. The molecule has 4 atom stereocenters. The first-order valence-corrected chi connectivity index (χ1v) is 10.4. The number of primary amides is 1. The van der Waals surface area contributed by atoms with Crippen LogP contribution in [0.1, 0.15) is 31.4 Å². The molecule has 0 spiro atoms. The molecular weight excluding hydrogens is 486 g/mol. The van der Waals surface area contributed by atoms with Crippen LogP contribution >= 0.6 is 0 Å². The van der Waals surface area contributed by atoms with Crippen LogP contribution in [0.4, 0.5) is 0 Å². The third kappa shape index (κ3) is 10.6. The maximum Gasteiger partial charge on any atom is 0.326 e. The van der Waals surface area contributed by atoms with Crippen molar-refractivity contribution in [2.24, 2.45) is 11.5 Å². The minimum Gasteiger partial charge on any atom is -0.481 e. The van der Waals surface area contributed by atoms with Crippen molar-refractivity contribution in [2.45, 2.75) is 56.3 Å². The van der Waals surface area contributed by atoms with Crippen LogP contribution in [-0.2, 0) is 40.0 Å². The number of hydrogen-bond donors (Lipinski definition) is 9. The number of carboxylic acid groups (broad SMARTS) is 3. The Morgan fingerprint density at radius 3 is 1.94 bits per heavy atom. The summed E-state index contributed by atoms with van der Waals surface area (Å²) in [4.78, 5) is 88.7. The number of aromatic nitrogens is 2. The predicted octanol–water partition coefficient (Wildman–Crippen LogP) is -3.97. The number of nitrogens with one attached hydrogen (secondary N) is 4. The summed E-state index contributed by atoms with van der Waals surface area (Å²) in [5.74, 6) is -8.54. The molecule has 11 N–H and O–H groups in total. The van der Waals surface area contributed by atoms with Crippen LogP contribution in [0.15, 0.2) is 12.5 Å². The second-order valence-electron chi connectivity index (χ2n) is 7.61. The highest BCUT2D eigenvalue weighted by molar-refractivity contribution is 5.96. The van der Waals surface area contributed by atoms with Gasteiger partial charge in [-0.15, -0.1) is 0 Å². The second-order valence-corrected chi connectivity index (χ2v) is 7.61. The minimum atomic E-state index is -1.79. The summed E-state index contributed by atoms with van der Waals surface area (Å²) in [6.45, 7) is 0. The van der Waals surface area contributed by atoms with Crippen LogP contribution in [0.2, 0.25) is 0 Å². The summed E-state index contributed by atoms with van der Waals surface area (Å²) in [6.07, 6.45) is -0.254. The Kier molecular flexibility index (Phi) is 11.5. The molecule has 0 aliphatic heterocycles. The van der Waals surface area contributed by atoms with Crippen molar-refractivity contribution in [3.8, 4) is 0 Å². The minimum absolute atomic E-state index is 0.232. The molecule has 0 fully saturated rings. The lowest BCUT2D eigenvalue weighted by atomic mass is 10.1. The fourth-order valence-corrected chi connectivity index (χ4v) is 2.87. The molecule has 36 heavy (non-hydrogen) atoms. The molecule has 0 bridgehead atoms. The van der Waals surface area contributed by atoms with E-state index in [1.54, 1.807) is 0 Å². The molecule has 0 saturated carbocycles. The molecule has 0 saturated heterocycles. The summed E-state index contributed by atoms with van der Waals surface area (Å²) in [5.41, 5.74) is 10.8. The number of carbonyl (C=O) groups is 7. The Balaban J connectivity index is 3.02. The van der Waals surface area contributed by atoms with Gasteiger partial charge in [-0.3, -0.25) is 28.8 Å². The van der Waals surface area contributed by atoms with Crippen molar-refractivity contribution in [1.82, 2.24) is 25.9 Å². The quantitative estimate of drug-likeness (QED) is 0.102. The first-order valence-electron chi connectivity index (χ1n) is 10.4. The highest BCUT2D eigenvalue weighted by Gasteiger charge is 2.32. The van der Waals surface area contributed by atoms with E-state index >= 15 is 0 Å². The Bertz CT molecular complexity index is 981. The standard InChI is InChI=1S/C19H27N7O10/c20-9(4-13(21)27)16(32)24-10(1-2-14(28)29)17(33)25-11(5-15(30)31)18(34)26-12(19(35)36)3-8-6-22-7-23-8/h6-7,9-12H,1-5,20H2,(H2,21,27)(H,22,23)(H,24,32)(H,25,33)(H,26,34)(H,28,29)(H,30,31)(H,35,36). The molecule has 198 valence electrons. The van der Waals surface area contributed by atoms with Crippen LogP contribution in [0, 0.1) is 0 Å². The molecule has 17 heteroatoms. The first kappa shape index (κ1) is 29.5. The van der Waals surface area contributed by atoms with Gasteiger partial charge in [-0.25, -0.2) is 9.78 Å². The van der Waals surface area contributed by atoms with Gasteiger partial charge in [0.25, 0.3) is 0 Å². The van der Waals surface area contributed by atoms with Crippen molar-refractivity contribution >= 4 is 41.5 Å². The zero-order chi connectivity index (χ0) is 27.4. The number of hydrogen-bond acceptors (Lipinski definition) is 9. The maximum absolute atomic E-state index is 12.8. The molecule has 1 aromatic heterocycles. The lowest BCUT2D eigenvalue weighted by Gasteiger charge is -2.24. The molecule has 0 aliphatic rings. The summed E-state index contributed by atoms with van der Waals surface area (Å²) in [5, 5.41) is 33.8. The van der Waals surface area contributed by atoms with Gasteiger partial charge < -0.3 is 47.7 Å². The van der Waals surface area contributed by atoms with Gasteiger partial charge >= 0.3 is 17.9 Å². The van der Waals surface area contributed by atoms with E-state index in [9.17, 15) is 38.7 Å². The van der Waals surface area contributed by atoms with Gasteiger partial charge in [0, 0.05) is 24.7 Å². The van der Waals surface area contributed by atoms with Crippen LogP contribution in [0.5, 0.6) is 0 Å². The topological polar surface area (TPSA) is 297 Å². The van der Waals surface area contributed by atoms with Gasteiger partial charge in [-0.05, 0) is 6.42 Å². The number of carboxylic acids is 3. The average Bonchev–Trinajstić information content (AvgIpc) is 3.27. The number of rotatable bonds is 16. The van der Waals surface area contributed by atoms with Gasteiger partial charge in [-0.2, -0.15) is 0 Å². The van der Waals surface area contributed by atoms with Crippen molar-refractivity contribution in [2.75, 3.05) is 0 Å². The molecular formula is C19H27N7O10. The number of H-pyrrole nitrogens is 1. The third-order valence-corrected chi connectivity index (χ3v) is 4.64. The second kappa shape index (κ2) is 14.0. The number of aromatic amines is 1. The Hall–Kier alpha value is -4.54. The number of aliphatic carboxylic acids is 3. The monoisotopic (exact) mass is 513 g/mol. The maximum atomic E-state index is 12.8. The Morgan fingerprint density at radius 2 is 1.44 bits per heavy atom. The lowest BCUT2D eigenvalue weighted by Crippen LogP contribution is -2.58. The molecule has 1 heterocycles. The van der Waals surface area contributed by atoms with E-state index in [4.69, 9.17) is 21.7 Å². The van der Waals surface area contributed by atoms with Crippen molar-refractivity contribution in [3.05, 3.63) is 18.2 Å². The number of imidazole rings is 1. The van der Waals surface area contributed by atoms with E-state index in [-0.39, 0.29) is 6.42 Å². The van der Waals surface area contributed by atoms with Crippen LogP contribution in [0.3, 0.4) is 0 Å². The summed E-state index contributed by atoms with van der Waals surface area (Å²) in [6, 6.07) is -6.35. The van der Waals surface area contributed by atoms with Crippen LogP contribution < -0.4 is 27.4 Å². The zero-order valence-corrected chi connectivity index (χ0v) is 18.8. The molecule has 17 nitrogen and oxygen atoms in total. The summed E-state index contributed by atoms with van der Waals surface area (Å²) < 4.78 is 0. The van der Waals surface area contributed by atoms with Crippen molar-refractivity contribution in [3.63, 3.8) is 0 Å².